The minimum absolute atomic E-state index is 0.973. The molecule has 0 saturated carbocycles. The molecule has 0 N–H and O–H groups in total. The molecule has 0 fully saturated rings. The van der Waals surface area contributed by atoms with E-state index in [1.165, 1.54) is 28.1 Å². The molecular formula is C15H14O. The van der Waals surface area contributed by atoms with Crippen LogP contribution in [0.15, 0.2) is 47.1 Å². The number of rotatable bonds is 2. The van der Waals surface area contributed by atoms with E-state index in [1.54, 1.807) is 6.26 Å². The smallest absolute Gasteiger partial charge is 0.134 e. The van der Waals surface area contributed by atoms with Crippen molar-refractivity contribution in [2.45, 2.75) is 19.8 Å². The van der Waals surface area contributed by atoms with Gasteiger partial charge in [0.15, 0.2) is 0 Å². The van der Waals surface area contributed by atoms with Gasteiger partial charge < -0.3 is 4.42 Å². The Balaban J connectivity index is 2.33. The summed E-state index contributed by atoms with van der Waals surface area (Å²) >= 11 is 0. The number of hydrogen-bond donors (Lipinski definition) is 0. The Hall–Kier alpha value is -1.76. The van der Waals surface area contributed by atoms with Crippen molar-refractivity contribution >= 4 is 21.7 Å². The largest absolute Gasteiger partial charge is 0.464 e. The Kier molecular flexibility index (Phi) is 2.17. The highest BCUT2D eigenvalue weighted by molar-refractivity contribution is 6.05. The first-order valence-electron chi connectivity index (χ1n) is 5.77. The minimum Gasteiger partial charge on any atom is -0.464 e. The second-order valence-corrected chi connectivity index (χ2v) is 4.20. The van der Waals surface area contributed by atoms with Crippen LogP contribution in [-0.2, 0) is 6.42 Å². The van der Waals surface area contributed by atoms with Crippen LogP contribution in [0.1, 0.15) is 18.9 Å². The first-order chi connectivity index (χ1) is 7.88. The summed E-state index contributed by atoms with van der Waals surface area (Å²) in [5, 5.41) is 3.81. The van der Waals surface area contributed by atoms with E-state index in [0.29, 0.717) is 0 Å². The molecule has 0 unspecified atom stereocenters. The van der Waals surface area contributed by atoms with Gasteiger partial charge in [-0.1, -0.05) is 37.6 Å². The van der Waals surface area contributed by atoms with Gasteiger partial charge in [-0.15, -0.1) is 0 Å². The molecule has 0 aliphatic heterocycles. The Labute approximate surface area is 94.7 Å². The van der Waals surface area contributed by atoms with Crippen LogP contribution in [0.3, 0.4) is 0 Å². The maximum atomic E-state index is 5.43. The monoisotopic (exact) mass is 210 g/mol. The van der Waals surface area contributed by atoms with Crippen molar-refractivity contribution in [2.24, 2.45) is 0 Å². The van der Waals surface area contributed by atoms with E-state index in [4.69, 9.17) is 4.42 Å². The summed E-state index contributed by atoms with van der Waals surface area (Å²) in [5.74, 6) is 0. The van der Waals surface area contributed by atoms with Crippen LogP contribution < -0.4 is 0 Å². The van der Waals surface area contributed by atoms with Crippen molar-refractivity contribution in [3.8, 4) is 0 Å². The second kappa shape index (κ2) is 3.67. The van der Waals surface area contributed by atoms with E-state index in [0.717, 1.165) is 12.0 Å². The molecular weight excluding hydrogens is 196 g/mol. The van der Waals surface area contributed by atoms with Gasteiger partial charge in [-0.2, -0.15) is 0 Å². The lowest BCUT2D eigenvalue weighted by Gasteiger charge is -2.03. The van der Waals surface area contributed by atoms with Crippen LogP contribution in [0.25, 0.3) is 21.7 Å². The molecule has 80 valence electrons. The zero-order chi connectivity index (χ0) is 11.0. The summed E-state index contributed by atoms with van der Waals surface area (Å²) < 4.78 is 5.43. The van der Waals surface area contributed by atoms with Gasteiger partial charge in [-0.05, 0) is 34.9 Å². The minimum atomic E-state index is 0.973. The van der Waals surface area contributed by atoms with Gasteiger partial charge in [-0.25, -0.2) is 0 Å². The molecule has 16 heavy (non-hydrogen) atoms. The molecule has 0 bridgehead atoms. The lowest BCUT2D eigenvalue weighted by atomic mass is 10.0. The first kappa shape index (κ1) is 9.46. The van der Waals surface area contributed by atoms with Crippen molar-refractivity contribution in [1.29, 1.82) is 0 Å². The number of furan rings is 1. The van der Waals surface area contributed by atoms with E-state index in [9.17, 15) is 0 Å². The number of aryl methyl sites for hydroxylation is 1. The summed E-state index contributed by atoms with van der Waals surface area (Å²) in [6.45, 7) is 2.21. The Bertz CT molecular complexity index is 634. The predicted molar refractivity (Wildman–Crippen MR) is 67.7 cm³/mol. The first-order valence-corrected chi connectivity index (χ1v) is 5.77. The Morgan fingerprint density at radius 1 is 1.00 bits per heavy atom. The maximum absolute atomic E-state index is 5.43. The number of benzene rings is 2. The summed E-state index contributed by atoms with van der Waals surface area (Å²) in [5.41, 5.74) is 2.38. The molecule has 0 spiro atoms. The van der Waals surface area contributed by atoms with Crippen LogP contribution in [0, 0.1) is 0 Å². The molecule has 1 aromatic heterocycles. The molecule has 0 saturated heterocycles. The van der Waals surface area contributed by atoms with Crippen molar-refractivity contribution in [1.82, 2.24) is 0 Å². The number of hydrogen-bond acceptors (Lipinski definition) is 1. The zero-order valence-corrected chi connectivity index (χ0v) is 9.36. The van der Waals surface area contributed by atoms with Crippen molar-refractivity contribution in [3.63, 3.8) is 0 Å². The second-order valence-electron chi connectivity index (χ2n) is 4.20. The van der Waals surface area contributed by atoms with Gasteiger partial charge >= 0.3 is 0 Å². The van der Waals surface area contributed by atoms with Crippen molar-refractivity contribution in [3.05, 3.63) is 48.2 Å². The fourth-order valence-electron chi connectivity index (χ4n) is 2.26. The molecule has 0 radical (unpaired) electrons. The van der Waals surface area contributed by atoms with E-state index in [1.807, 2.05) is 12.1 Å². The van der Waals surface area contributed by atoms with E-state index >= 15 is 0 Å². The van der Waals surface area contributed by atoms with Gasteiger partial charge in [-0.3, -0.25) is 0 Å². The lowest BCUT2D eigenvalue weighted by Crippen LogP contribution is -1.83. The lowest BCUT2D eigenvalue weighted by molar-refractivity contribution is 0.616. The van der Waals surface area contributed by atoms with Crippen LogP contribution >= 0.6 is 0 Å². The average Bonchev–Trinajstić information content (AvgIpc) is 2.78. The highest BCUT2D eigenvalue weighted by Gasteiger charge is 2.03. The molecule has 3 aromatic rings. The normalized spacial score (nSPS) is 11.3. The Morgan fingerprint density at radius 2 is 1.88 bits per heavy atom. The van der Waals surface area contributed by atoms with Gasteiger partial charge in [0.2, 0.25) is 0 Å². The van der Waals surface area contributed by atoms with Gasteiger partial charge in [0.25, 0.3) is 0 Å². The van der Waals surface area contributed by atoms with Crippen LogP contribution in [0.2, 0.25) is 0 Å². The molecule has 1 heterocycles. The highest BCUT2D eigenvalue weighted by Crippen LogP contribution is 2.27. The predicted octanol–water partition coefficient (Wildman–Crippen LogP) is 4.54. The average molecular weight is 210 g/mol. The molecule has 0 aliphatic carbocycles. The molecule has 1 heteroatoms. The summed E-state index contributed by atoms with van der Waals surface area (Å²) in [7, 11) is 0. The van der Waals surface area contributed by atoms with Gasteiger partial charge in [0, 0.05) is 5.39 Å². The molecule has 0 amide bonds. The standard InChI is InChI=1S/C15H14O/c1-2-3-11-4-5-12-6-7-15-13(8-9-16-15)14(12)10-11/h4-10H,2-3H2,1H3. The van der Waals surface area contributed by atoms with Crippen LogP contribution in [0.4, 0.5) is 0 Å². The number of fused-ring (bicyclic) bond motifs is 3. The molecule has 0 aliphatic rings. The fraction of sp³-hybridized carbons (Fsp3) is 0.200. The molecule has 1 nitrogen and oxygen atoms in total. The topological polar surface area (TPSA) is 13.1 Å². The van der Waals surface area contributed by atoms with Gasteiger partial charge in [0.05, 0.1) is 6.26 Å². The maximum Gasteiger partial charge on any atom is 0.134 e. The third kappa shape index (κ3) is 1.40. The van der Waals surface area contributed by atoms with Crippen LogP contribution in [0.5, 0.6) is 0 Å². The summed E-state index contributed by atoms with van der Waals surface area (Å²) in [6.07, 6.45) is 4.09. The molecule has 3 rings (SSSR count). The fourth-order valence-corrected chi connectivity index (χ4v) is 2.26. The van der Waals surface area contributed by atoms with Gasteiger partial charge in [0.1, 0.15) is 5.58 Å². The zero-order valence-electron chi connectivity index (χ0n) is 9.36. The van der Waals surface area contributed by atoms with Crippen molar-refractivity contribution in [2.75, 3.05) is 0 Å². The molecule has 0 atom stereocenters. The molecule has 2 aromatic carbocycles. The van der Waals surface area contributed by atoms with E-state index in [2.05, 4.69) is 31.2 Å². The van der Waals surface area contributed by atoms with E-state index in [-0.39, 0.29) is 0 Å². The third-order valence-corrected chi connectivity index (χ3v) is 3.06. The SMILES string of the molecule is CCCc1ccc2ccc3occc3c2c1. The van der Waals surface area contributed by atoms with Crippen LogP contribution in [-0.4, -0.2) is 0 Å². The Morgan fingerprint density at radius 3 is 2.75 bits per heavy atom. The summed E-state index contributed by atoms with van der Waals surface area (Å²) in [6, 6.07) is 12.9. The summed E-state index contributed by atoms with van der Waals surface area (Å²) in [4.78, 5) is 0. The van der Waals surface area contributed by atoms with E-state index < -0.39 is 0 Å². The quantitative estimate of drug-likeness (QED) is 0.605. The third-order valence-electron chi connectivity index (χ3n) is 3.06. The van der Waals surface area contributed by atoms with Crippen molar-refractivity contribution < 1.29 is 4.42 Å². The highest BCUT2D eigenvalue weighted by atomic mass is 16.3.